The average molecular weight is 384 g/mol. The molecule has 144 valence electrons. The first-order chi connectivity index (χ1) is 13.5. The highest BCUT2D eigenvalue weighted by atomic mass is 19.3. The molecule has 28 heavy (non-hydrogen) atoms. The number of aliphatic imine (C=N–C) groups is 1. The Balaban J connectivity index is 1.89. The largest absolute Gasteiger partial charge is 0.419 e. The lowest BCUT2D eigenvalue weighted by Crippen LogP contribution is -2.19. The maximum absolute atomic E-state index is 12.6. The second-order valence-electron chi connectivity index (χ2n) is 5.97. The summed E-state index contributed by atoms with van der Waals surface area (Å²) in [5.74, 6) is -0.648. The molecule has 0 saturated heterocycles. The van der Waals surface area contributed by atoms with E-state index in [9.17, 15) is 8.78 Å². The van der Waals surface area contributed by atoms with Crippen molar-refractivity contribution in [3.8, 4) is 11.5 Å². The van der Waals surface area contributed by atoms with Gasteiger partial charge in [-0.2, -0.15) is 8.78 Å². The predicted molar refractivity (Wildman–Crippen MR) is 101 cm³/mol. The molecule has 3 aromatic rings. The Bertz CT molecular complexity index is 1010. The molecular formula is C19H18F2N6O. The summed E-state index contributed by atoms with van der Waals surface area (Å²) in [7, 11) is 1.40. The highest BCUT2D eigenvalue weighted by molar-refractivity contribution is 6.02. The second-order valence-corrected chi connectivity index (χ2v) is 5.97. The van der Waals surface area contributed by atoms with Crippen LogP contribution < -0.4 is 0 Å². The van der Waals surface area contributed by atoms with E-state index < -0.39 is 12.3 Å². The van der Waals surface area contributed by atoms with Gasteiger partial charge in [0.2, 0.25) is 5.90 Å². The predicted octanol–water partition coefficient (Wildman–Crippen LogP) is 3.33. The first-order valence-corrected chi connectivity index (χ1v) is 8.37. The zero-order chi connectivity index (χ0) is 20.1. The number of alkyl halides is 2. The van der Waals surface area contributed by atoms with Crippen molar-refractivity contribution >= 4 is 11.8 Å². The normalized spacial score (nSPS) is 11.7. The molecule has 0 aromatic carbocycles. The van der Waals surface area contributed by atoms with Gasteiger partial charge in [-0.1, -0.05) is 6.07 Å². The Morgan fingerprint density at radius 1 is 1.25 bits per heavy atom. The third kappa shape index (κ3) is 4.43. The molecule has 3 rings (SSSR count). The van der Waals surface area contributed by atoms with Crippen molar-refractivity contribution in [2.45, 2.75) is 19.9 Å². The van der Waals surface area contributed by atoms with Crippen molar-refractivity contribution in [3.05, 3.63) is 65.9 Å². The van der Waals surface area contributed by atoms with E-state index in [1.165, 1.54) is 13.2 Å². The molecule has 0 aliphatic rings. The van der Waals surface area contributed by atoms with Crippen LogP contribution in [0.15, 0.2) is 54.2 Å². The van der Waals surface area contributed by atoms with Gasteiger partial charge in [0.1, 0.15) is 5.69 Å². The van der Waals surface area contributed by atoms with Gasteiger partial charge in [0, 0.05) is 43.6 Å². The van der Waals surface area contributed by atoms with E-state index in [4.69, 9.17) is 10.1 Å². The molecule has 0 spiro atoms. The molecule has 0 atom stereocenters. The summed E-state index contributed by atoms with van der Waals surface area (Å²) in [5, 5.41) is 7.20. The topological polar surface area (TPSA) is 89.0 Å². The van der Waals surface area contributed by atoms with Crippen LogP contribution in [0.5, 0.6) is 0 Å². The molecule has 0 fully saturated rings. The highest BCUT2D eigenvalue weighted by Gasteiger charge is 2.18. The Labute approximate surface area is 160 Å². The van der Waals surface area contributed by atoms with Crippen molar-refractivity contribution in [3.63, 3.8) is 0 Å². The third-order valence-corrected chi connectivity index (χ3v) is 3.84. The number of pyridine rings is 2. The molecule has 9 heteroatoms. The summed E-state index contributed by atoms with van der Waals surface area (Å²) in [6.07, 6.45) is 5.55. The summed E-state index contributed by atoms with van der Waals surface area (Å²) in [5.41, 5.74) is 3.02. The summed E-state index contributed by atoms with van der Waals surface area (Å²) >= 11 is 0. The first-order valence-electron chi connectivity index (χ1n) is 8.37. The van der Waals surface area contributed by atoms with Gasteiger partial charge >= 0.3 is 6.43 Å². The highest BCUT2D eigenvalue weighted by Crippen LogP contribution is 2.19. The molecular weight excluding hydrogens is 366 g/mol. The lowest BCUT2D eigenvalue weighted by atomic mass is 10.2. The van der Waals surface area contributed by atoms with E-state index in [-0.39, 0.29) is 5.90 Å². The summed E-state index contributed by atoms with van der Waals surface area (Å²) < 4.78 is 32.0. The summed E-state index contributed by atoms with van der Waals surface area (Å²) in [6.45, 7) is 2.52. The van der Waals surface area contributed by atoms with Gasteiger partial charge in [-0.15, -0.1) is 0 Å². The SMILES string of the molecule is CN=C(OC(=N)C(F)F)c1ccnc(-c2nccn2Cc2cncc(C)c2)c1. The lowest BCUT2D eigenvalue weighted by Gasteiger charge is -2.11. The zero-order valence-electron chi connectivity index (χ0n) is 15.3. The number of hydrogen-bond acceptors (Lipinski definition) is 6. The lowest BCUT2D eigenvalue weighted by molar-refractivity contribution is 0.198. The van der Waals surface area contributed by atoms with Gasteiger partial charge in [0.25, 0.3) is 5.90 Å². The van der Waals surface area contributed by atoms with E-state index in [1.807, 2.05) is 23.8 Å². The van der Waals surface area contributed by atoms with E-state index in [0.717, 1.165) is 11.1 Å². The van der Waals surface area contributed by atoms with Crippen molar-refractivity contribution in [2.75, 3.05) is 7.05 Å². The van der Waals surface area contributed by atoms with Crippen LogP contribution in [0.2, 0.25) is 0 Å². The molecule has 0 amide bonds. The van der Waals surface area contributed by atoms with Gasteiger partial charge in [-0.3, -0.25) is 20.4 Å². The van der Waals surface area contributed by atoms with E-state index in [1.54, 1.807) is 30.7 Å². The van der Waals surface area contributed by atoms with Crippen LogP contribution in [0.4, 0.5) is 8.78 Å². The minimum atomic E-state index is -3.01. The molecule has 7 nitrogen and oxygen atoms in total. The molecule has 3 heterocycles. The van der Waals surface area contributed by atoms with Crippen LogP contribution in [-0.4, -0.2) is 44.8 Å². The van der Waals surface area contributed by atoms with E-state index >= 15 is 0 Å². The minimum absolute atomic E-state index is 0.0880. The summed E-state index contributed by atoms with van der Waals surface area (Å²) in [6, 6.07) is 5.24. The van der Waals surface area contributed by atoms with Crippen molar-refractivity contribution in [1.29, 1.82) is 5.41 Å². The fourth-order valence-corrected chi connectivity index (χ4v) is 2.64. The number of rotatable bonds is 5. The number of nitrogens with zero attached hydrogens (tertiary/aromatic N) is 5. The number of nitrogens with one attached hydrogen (secondary N) is 1. The van der Waals surface area contributed by atoms with Gasteiger partial charge in [0.05, 0.1) is 6.54 Å². The molecule has 0 saturated carbocycles. The molecule has 3 aromatic heterocycles. The number of aryl methyl sites for hydroxylation is 1. The second kappa shape index (κ2) is 8.47. The number of hydrogen-bond donors (Lipinski definition) is 1. The average Bonchev–Trinajstić information content (AvgIpc) is 3.14. The monoisotopic (exact) mass is 384 g/mol. The fourth-order valence-electron chi connectivity index (χ4n) is 2.64. The fraction of sp³-hybridized carbons (Fsp3) is 0.211. The van der Waals surface area contributed by atoms with Gasteiger partial charge < -0.3 is 9.30 Å². The Morgan fingerprint density at radius 2 is 2.07 bits per heavy atom. The van der Waals surface area contributed by atoms with Crippen LogP contribution in [0.1, 0.15) is 16.7 Å². The maximum atomic E-state index is 12.6. The Hall–Kier alpha value is -3.49. The molecule has 0 aliphatic carbocycles. The van der Waals surface area contributed by atoms with Crippen LogP contribution in [-0.2, 0) is 11.3 Å². The molecule has 1 N–H and O–H groups in total. The van der Waals surface area contributed by atoms with Gasteiger partial charge in [0.15, 0.2) is 5.82 Å². The summed E-state index contributed by atoms with van der Waals surface area (Å²) in [4.78, 5) is 16.7. The van der Waals surface area contributed by atoms with Crippen molar-refractivity contribution in [1.82, 2.24) is 19.5 Å². The Morgan fingerprint density at radius 3 is 2.79 bits per heavy atom. The number of aromatic nitrogens is 4. The number of imidazole rings is 1. The quantitative estimate of drug-likeness (QED) is 0.540. The van der Waals surface area contributed by atoms with Gasteiger partial charge in [-0.05, 0) is 30.2 Å². The standard InChI is InChI=1S/C19H18F2N6O/c1-12-7-13(10-24-9-12)11-27-6-5-26-18(27)15-8-14(3-4-25-15)19(23-2)28-17(22)16(20)21/h3-10,16,22H,11H2,1-2H3. The maximum Gasteiger partial charge on any atom is 0.312 e. The van der Waals surface area contributed by atoms with Crippen LogP contribution >= 0.6 is 0 Å². The molecule has 0 bridgehead atoms. The van der Waals surface area contributed by atoms with Crippen molar-refractivity contribution in [2.24, 2.45) is 4.99 Å². The molecule has 0 aliphatic heterocycles. The van der Waals surface area contributed by atoms with Gasteiger partial charge in [-0.25, -0.2) is 4.98 Å². The third-order valence-electron chi connectivity index (χ3n) is 3.84. The van der Waals surface area contributed by atoms with E-state index in [2.05, 4.69) is 19.9 Å². The Kier molecular flexibility index (Phi) is 5.83. The zero-order valence-corrected chi connectivity index (χ0v) is 15.3. The van der Waals surface area contributed by atoms with Crippen LogP contribution in [0.3, 0.4) is 0 Å². The van der Waals surface area contributed by atoms with Crippen molar-refractivity contribution < 1.29 is 13.5 Å². The number of ether oxygens (including phenoxy) is 1. The first kappa shape index (κ1) is 19.3. The minimum Gasteiger partial charge on any atom is -0.419 e. The smallest absolute Gasteiger partial charge is 0.312 e. The van der Waals surface area contributed by atoms with Crippen LogP contribution in [0.25, 0.3) is 11.5 Å². The molecule has 0 unspecified atom stereocenters. The molecule has 0 radical (unpaired) electrons. The number of halogens is 2. The van der Waals surface area contributed by atoms with E-state index in [0.29, 0.717) is 23.6 Å². The van der Waals surface area contributed by atoms with Crippen LogP contribution in [0, 0.1) is 12.3 Å².